The van der Waals surface area contributed by atoms with Crippen molar-refractivity contribution in [2.24, 2.45) is 0 Å². The van der Waals surface area contributed by atoms with Crippen molar-refractivity contribution < 1.29 is 19.0 Å². The van der Waals surface area contributed by atoms with E-state index in [1.807, 2.05) is 6.92 Å². The summed E-state index contributed by atoms with van der Waals surface area (Å²) >= 11 is 0. The van der Waals surface area contributed by atoms with Crippen LogP contribution in [0.1, 0.15) is 46.5 Å². The van der Waals surface area contributed by atoms with Crippen molar-refractivity contribution in [2.75, 3.05) is 26.4 Å². The van der Waals surface area contributed by atoms with Crippen LogP contribution in [0, 0.1) is 0 Å². The van der Waals surface area contributed by atoms with Gasteiger partial charge in [0.25, 0.3) is 0 Å². The van der Waals surface area contributed by atoms with Gasteiger partial charge in [-0.15, -0.1) is 0 Å². The summed E-state index contributed by atoms with van der Waals surface area (Å²) in [7, 11) is 0. The van der Waals surface area contributed by atoms with Gasteiger partial charge in [-0.2, -0.15) is 0 Å². The van der Waals surface area contributed by atoms with Gasteiger partial charge in [-0.05, 0) is 33.1 Å². The van der Waals surface area contributed by atoms with Crippen molar-refractivity contribution in [1.29, 1.82) is 0 Å². The Hall–Kier alpha value is -0.610. The normalized spacial score (nSPS) is 12.4. The average molecular weight is 246 g/mol. The summed E-state index contributed by atoms with van der Waals surface area (Å²) in [5.41, 5.74) is 0. The molecule has 0 radical (unpaired) electrons. The van der Waals surface area contributed by atoms with Crippen LogP contribution in [-0.4, -0.2) is 38.5 Å². The highest BCUT2D eigenvalue weighted by Crippen LogP contribution is 1.99. The Bertz CT molecular complexity index is 182. The number of hydrogen-bond donors (Lipinski definition) is 0. The van der Waals surface area contributed by atoms with Gasteiger partial charge in [0.1, 0.15) is 0 Å². The first-order valence-electron chi connectivity index (χ1n) is 6.55. The van der Waals surface area contributed by atoms with Crippen molar-refractivity contribution >= 4 is 5.97 Å². The van der Waals surface area contributed by atoms with Gasteiger partial charge in [0.15, 0.2) is 0 Å². The Morgan fingerprint density at radius 2 is 1.88 bits per heavy atom. The lowest BCUT2D eigenvalue weighted by Crippen LogP contribution is -2.12. The summed E-state index contributed by atoms with van der Waals surface area (Å²) < 4.78 is 15.7. The summed E-state index contributed by atoms with van der Waals surface area (Å²) in [6, 6.07) is 0. The fourth-order valence-electron chi connectivity index (χ4n) is 1.23. The van der Waals surface area contributed by atoms with Crippen LogP contribution in [0.25, 0.3) is 0 Å². The molecule has 0 saturated heterocycles. The van der Waals surface area contributed by atoms with Gasteiger partial charge in [0, 0.05) is 13.0 Å². The largest absolute Gasteiger partial charge is 0.466 e. The second-order valence-corrected chi connectivity index (χ2v) is 3.96. The minimum atomic E-state index is -0.118. The van der Waals surface area contributed by atoms with Crippen LogP contribution in [0.2, 0.25) is 0 Å². The molecule has 4 nitrogen and oxygen atoms in total. The zero-order chi connectivity index (χ0) is 12.9. The SMILES string of the molecule is CCOC(=O)CCCCOCCOC(C)CC. The highest BCUT2D eigenvalue weighted by molar-refractivity contribution is 5.69. The van der Waals surface area contributed by atoms with Gasteiger partial charge in [-0.1, -0.05) is 6.92 Å². The molecule has 0 bridgehead atoms. The number of ether oxygens (including phenoxy) is 3. The lowest BCUT2D eigenvalue weighted by atomic mass is 10.2. The maximum Gasteiger partial charge on any atom is 0.305 e. The second-order valence-electron chi connectivity index (χ2n) is 3.96. The molecule has 0 saturated carbocycles. The fraction of sp³-hybridized carbons (Fsp3) is 0.923. The van der Waals surface area contributed by atoms with Crippen LogP contribution >= 0.6 is 0 Å². The van der Waals surface area contributed by atoms with Gasteiger partial charge < -0.3 is 14.2 Å². The third-order valence-electron chi connectivity index (χ3n) is 2.43. The predicted octanol–water partition coefficient (Wildman–Crippen LogP) is 2.55. The van der Waals surface area contributed by atoms with Crippen LogP contribution in [0.3, 0.4) is 0 Å². The summed E-state index contributed by atoms with van der Waals surface area (Å²) in [6.07, 6.45) is 3.54. The summed E-state index contributed by atoms with van der Waals surface area (Å²) in [5, 5.41) is 0. The Labute approximate surface area is 105 Å². The van der Waals surface area contributed by atoms with Crippen LogP contribution in [0.15, 0.2) is 0 Å². The first-order valence-corrected chi connectivity index (χ1v) is 6.55. The number of esters is 1. The topological polar surface area (TPSA) is 44.8 Å². The predicted molar refractivity (Wildman–Crippen MR) is 67.0 cm³/mol. The zero-order valence-electron chi connectivity index (χ0n) is 11.4. The van der Waals surface area contributed by atoms with E-state index in [1.165, 1.54) is 0 Å². The van der Waals surface area contributed by atoms with Crippen LogP contribution in [0.5, 0.6) is 0 Å². The average Bonchev–Trinajstić information content (AvgIpc) is 2.32. The minimum absolute atomic E-state index is 0.118. The number of carbonyl (C=O) groups is 1. The highest BCUT2D eigenvalue weighted by atomic mass is 16.5. The summed E-state index contributed by atoms with van der Waals surface area (Å²) in [6.45, 7) is 8.39. The lowest BCUT2D eigenvalue weighted by molar-refractivity contribution is -0.143. The van der Waals surface area contributed by atoms with Gasteiger partial charge in [-0.3, -0.25) is 4.79 Å². The van der Waals surface area contributed by atoms with E-state index < -0.39 is 0 Å². The first-order chi connectivity index (χ1) is 8.20. The van der Waals surface area contributed by atoms with Crippen LogP contribution in [-0.2, 0) is 19.0 Å². The lowest BCUT2D eigenvalue weighted by Gasteiger charge is -2.10. The molecular formula is C13H26O4. The molecular weight excluding hydrogens is 220 g/mol. The van der Waals surface area contributed by atoms with Crippen LogP contribution in [0.4, 0.5) is 0 Å². The van der Waals surface area contributed by atoms with Crippen molar-refractivity contribution in [3.8, 4) is 0 Å². The molecule has 0 N–H and O–H groups in total. The monoisotopic (exact) mass is 246 g/mol. The van der Waals surface area contributed by atoms with E-state index in [9.17, 15) is 4.79 Å². The Balaban J connectivity index is 3.11. The van der Waals surface area contributed by atoms with Crippen molar-refractivity contribution in [1.82, 2.24) is 0 Å². The molecule has 0 aliphatic heterocycles. The number of carbonyl (C=O) groups excluding carboxylic acids is 1. The maximum atomic E-state index is 11.0. The first kappa shape index (κ1) is 16.4. The molecule has 0 fully saturated rings. The van der Waals surface area contributed by atoms with Crippen molar-refractivity contribution in [3.05, 3.63) is 0 Å². The third-order valence-corrected chi connectivity index (χ3v) is 2.43. The molecule has 102 valence electrons. The molecule has 0 aliphatic rings. The molecule has 0 amide bonds. The molecule has 0 aromatic carbocycles. The molecule has 0 spiro atoms. The van der Waals surface area contributed by atoms with E-state index in [1.54, 1.807) is 0 Å². The van der Waals surface area contributed by atoms with Gasteiger partial charge in [0.05, 0.1) is 25.9 Å². The Morgan fingerprint density at radius 3 is 2.53 bits per heavy atom. The van der Waals surface area contributed by atoms with E-state index in [4.69, 9.17) is 14.2 Å². The van der Waals surface area contributed by atoms with E-state index in [2.05, 4.69) is 13.8 Å². The number of hydrogen-bond acceptors (Lipinski definition) is 4. The van der Waals surface area contributed by atoms with Gasteiger partial charge in [-0.25, -0.2) is 0 Å². The standard InChI is InChI=1S/C13H26O4/c1-4-12(3)17-11-10-15-9-7-6-8-13(14)16-5-2/h12H,4-11H2,1-3H3. The van der Waals surface area contributed by atoms with Gasteiger partial charge >= 0.3 is 5.97 Å². The smallest absolute Gasteiger partial charge is 0.305 e. The van der Waals surface area contributed by atoms with Crippen molar-refractivity contribution in [2.45, 2.75) is 52.6 Å². The zero-order valence-corrected chi connectivity index (χ0v) is 11.4. The van der Waals surface area contributed by atoms with E-state index >= 15 is 0 Å². The fourth-order valence-corrected chi connectivity index (χ4v) is 1.23. The minimum Gasteiger partial charge on any atom is -0.466 e. The molecule has 0 aliphatic carbocycles. The third kappa shape index (κ3) is 11.6. The van der Waals surface area contributed by atoms with E-state index in [-0.39, 0.29) is 5.97 Å². The second kappa shape index (κ2) is 11.9. The van der Waals surface area contributed by atoms with Crippen molar-refractivity contribution in [3.63, 3.8) is 0 Å². The molecule has 0 aromatic rings. The molecule has 1 atom stereocenters. The molecule has 1 unspecified atom stereocenters. The van der Waals surface area contributed by atoms with Gasteiger partial charge in [0.2, 0.25) is 0 Å². The quantitative estimate of drug-likeness (QED) is 0.415. The Morgan fingerprint density at radius 1 is 1.12 bits per heavy atom. The molecule has 4 heteroatoms. The summed E-state index contributed by atoms with van der Waals surface area (Å²) in [4.78, 5) is 11.0. The van der Waals surface area contributed by atoms with E-state index in [0.717, 1.165) is 19.3 Å². The molecule has 0 aromatic heterocycles. The number of rotatable bonds is 11. The Kier molecular flexibility index (Phi) is 11.4. The highest BCUT2D eigenvalue weighted by Gasteiger charge is 2.01. The number of unbranched alkanes of at least 4 members (excludes halogenated alkanes) is 1. The summed E-state index contributed by atoms with van der Waals surface area (Å²) in [5.74, 6) is -0.118. The van der Waals surface area contributed by atoms with Crippen LogP contribution < -0.4 is 0 Å². The molecule has 17 heavy (non-hydrogen) atoms. The molecule has 0 rings (SSSR count). The maximum absolute atomic E-state index is 11.0. The van der Waals surface area contributed by atoms with E-state index in [0.29, 0.717) is 39.0 Å². The molecule has 0 heterocycles.